The van der Waals surface area contributed by atoms with Crippen LogP contribution in [0.2, 0.25) is 0 Å². The fourth-order valence-electron chi connectivity index (χ4n) is 1.89. The standard InChI is InChI=1S/C17H21F3O6S/c1-4-16(3,10-11-25-27(22,23)17(18,19)20)26-14-9-7-6-8-13(14)12-15(21)24-5-2/h6-11H,4-5,12H2,1-3H3/b11-10+. The second kappa shape index (κ2) is 9.12. The molecule has 0 N–H and O–H groups in total. The Morgan fingerprint density at radius 3 is 2.37 bits per heavy atom. The van der Waals surface area contributed by atoms with Crippen molar-refractivity contribution in [3.05, 3.63) is 42.2 Å². The zero-order valence-corrected chi connectivity index (χ0v) is 15.9. The first-order chi connectivity index (χ1) is 12.4. The van der Waals surface area contributed by atoms with E-state index in [-0.39, 0.29) is 19.4 Å². The second-order valence-electron chi connectivity index (χ2n) is 5.66. The normalized spacial score (nSPS) is 14.6. The van der Waals surface area contributed by atoms with Gasteiger partial charge in [0.1, 0.15) is 17.6 Å². The Bertz CT molecular complexity index is 773. The highest BCUT2D eigenvalue weighted by molar-refractivity contribution is 7.87. The van der Waals surface area contributed by atoms with Crippen LogP contribution in [0.5, 0.6) is 5.75 Å². The highest BCUT2D eigenvalue weighted by Crippen LogP contribution is 2.28. The quantitative estimate of drug-likeness (QED) is 0.267. The largest absolute Gasteiger partial charge is 0.534 e. The van der Waals surface area contributed by atoms with E-state index in [1.165, 1.54) is 6.92 Å². The average molecular weight is 410 g/mol. The highest BCUT2D eigenvalue weighted by Gasteiger charge is 2.48. The number of hydrogen-bond acceptors (Lipinski definition) is 6. The van der Waals surface area contributed by atoms with Gasteiger partial charge >= 0.3 is 21.6 Å². The molecule has 0 bridgehead atoms. The van der Waals surface area contributed by atoms with Crippen LogP contribution in [0.25, 0.3) is 0 Å². The van der Waals surface area contributed by atoms with E-state index < -0.39 is 27.2 Å². The maximum Gasteiger partial charge on any atom is 0.534 e. The van der Waals surface area contributed by atoms with Gasteiger partial charge in [-0.25, -0.2) is 0 Å². The van der Waals surface area contributed by atoms with Gasteiger partial charge in [-0.15, -0.1) is 0 Å². The number of alkyl halides is 3. The van der Waals surface area contributed by atoms with Crippen molar-refractivity contribution in [3.8, 4) is 5.75 Å². The summed E-state index contributed by atoms with van der Waals surface area (Å²) in [5.41, 5.74) is -6.17. The lowest BCUT2D eigenvalue weighted by molar-refractivity contribution is -0.142. The van der Waals surface area contributed by atoms with E-state index in [0.717, 1.165) is 6.08 Å². The minimum atomic E-state index is -5.74. The Morgan fingerprint density at radius 1 is 1.19 bits per heavy atom. The summed E-state index contributed by atoms with van der Waals surface area (Å²) in [4.78, 5) is 11.7. The maximum absolute atomic E-state index is 12.3. The summed E-state index contributed by atoms with van der Waals surface area (Å²) in [7, 11) is -5.74. The van der Waals surface area contributed by atoms with Crippen molar-refractivity contribution in [1.29, 1.82) is 0 Å². The van der Waals surface area contributed by atoms with Crippen molar-refractivity contribution in [1.82, 2.24) is 0 Å². The third kappa shape index (κ3) is 6.78. The Morgan fingerprint density at radius 2 is 1.81 bits per heavy atom. The number of para-hydroxylation sites is 1. The smallest absolute Gasteiger partial charge is 0.483 e. The summed E-state index contributed by atoms with van der Waals surface area (Å²) in [6.07, 6.45) is 1.73. The van der Waals surface area contributed by atoms with Gasteiger partial charge in [-0.2, -0.15) is 21.6 Å². The summed E-state index contributed by atoms with van der Waals surface area (Å²) in [5, 5.41) is 0. The Hall–Kier alpha value is -2.23. The first-order valence-corrected chi connectivity index (χ1v) is 9.44. The number of ether oxygens (including phenoxy) is 2. The topological polar surface area (TPSA) is 78.9 Å². The number of rotatable bonds is 9. The summed E-state index contributed by atoms with van der Waals surface area (Å²) in [5.74, 6) is -0.139. The van der Waals surface area contributed by atoms with E-state index in [1.807, 2.05) is 0 Å². The predicted molar refractivity (Wildman–Crippen MR) is 91.3 cm³/mol. The summed E-state index contributed by atoms with van der Waals surface area (Å²) in [6.45, 7) is 5.13. The zero-order chi connectivity index (χ0) is 20.7. The third-order valence-electron chi connectivity index (χ3n) is 3.54. The van der Waals surface area contributed by atoms with Gasteiger partial charge in [0.15, 0.2) is 0 Å². The van der Waals surface area contributed by atoms with Gasteiger partial charge in [0, 0.05) is 5.56 Å². The molecule has 6 nitrogen and oxygen atoms in total. The van der Waals surface area contributed by atoms with E-state index in [9.17, 15) is 26.4 Å². The van der Waals surface area contributed by atoms with Crippen molar-refractivity contribution in [2.45, 2.75) is 44.7 Å². The van der Waals surface area contributed by atoms with E-state index >= 15 is 0 Å². The predicted octanol–water partition coefficient (Wildman–Crippen LogP) is 3.72. The van der Waals surface area contributed by atoms with Gasteiger partial charge in [0.25, 0.3) is 0 Å². The molecule has 0 amide bonds. The number of esters is 1. The molecule has 1 atom stereocenters. The van der Waals surface area contributed by atoms with Gasteiger partial charge < -0.3 is 13.7 Å². The van der Waals surface area contributed by atoms with Crippen LogP contribution < -0.4 is 4.74 Å². The fourth-order valence-corrected chi connectivity index (χ4v) is 2.20. The molecule has 0 aliphatic carbocycles. The lowest BCUT2D eigenvalue weighted by Crippen LogP contribution is -2.30. The van der Waals surface area contributed by atoms with E-state index in [4.69, 9.17) is 9.47 Å². The molecule has 0 fully saturated rings. The van der Waals surface area contributed by atoms with Gasteiger partial charge in [0.05, 0.1) is 13.0 Å². The molecule has 0 aromatic heterocycles. The van der Waals surface area contributed by atoms with Crippen LogP contribution >= 0.6 is 0 Å². The minimum absolute atomic E-state index is 0.0491. The van der Waals surface area contributed by atoms with Crippen molar-refractivity contribution < 1.29 is 40.0 Å². The van der Waals surface area contributed by atoms with Gasteiger partial charge in [-0.05, 0) is 32.4 Å². The molecule has 0 saturated carbocycles. The summed E-state index contributed by atoms with van der Waals surface area (Å²) >= 11 is 0. The number of carbonyl (C=O) groups is 1. The summed E-state index contributed by atoms with van der Waals surface area (Å²) < 4.78 is 73.3. The zero-order valence-electron chi connectivity index (χ0n) is 15.1. The molecule has 152 valence electrons. The number of benzene rings is 1. The molecule has 10 heteroatoms. The minimum Gasteiger partial charge on any atom is -0.483 e. The van der Waals surface area contributed by atoms with Crippen LogP contribution in [0.15, 0.2) is 36.6 Å². The van der Waals surface area contributed by atoms with Crippen LogP contribution in [0.1, 0.15) is 32.8 Å². The van der Waals surface area contributed by atoms with Crippen LogP contribution in [0.4, 0.5) is 13.2 Å². The summed E-state index contributed by atoms with van der Waals surface area (Å²) in [6, 6.07) is 6.59. The Labute approximate surface area is 156 Å². The molecule has 0 saturated heterocycles. The van der Waals surface area contributed by atoms with E-state index in [1.54, 1.807) is 38.1 Å². The molecule has 0 heterocycles. The Kier molecular flexibility index (Phi) is 7.70. The van der Waals surface area contributed by atoms with Gasteiger partial charge in [-0.1, -0.05) is 25.1 Å². The molecule has 1 unspecified atom stereocenters. The lowest BCUT2D eigenvalue weighted by Gasteiger charge is -2.27. The van der Waals surface area contributed by atoms with Crippen LogP contribution in [-0.4, -0.2) is 32.1 Å². The number of carbonyl (C=O) groups excluding carboxylic acids is 1. The SMILES string of the molecule is CCOC(=O)Cc1ccccc1OC(C)(/C=C/OS(=O)(=O)C(F)(F)F)CC. The van der Waals surface area contributed by atoms with E-state index in [2.05, 4.69) is 4.18 Å². The monoisotopic (exact) mass is 410 g/mol. The third-order valence-corrected chi connectivity index (χ3v) is 4.48. The van der Waals surface area contributed by atoms with E-state index in [0.29, 0.717) is 17.6 Å². The molecule has 1 aromatic rings. The number of halogens is 3. The molecule has 1 rings (SSSR count). The van der Waals surface area contributed by atoms with Crippen LogP contribution in [-0.2, 0) is 30.3 Å². The molecule has 0 spiro atoms. The highest BCUT2D eigenvalue weighted by atomic mass is 32.2. The van der Waals surface area contributed by atoms with Gasteiger partial charge in [-0.3, -0.25) is 4.79 Å². The van der Waals surface area contributed by atoms with Crippen molar-refractivity contribution in [3.63, 3.8) is 0 Å². The molecule has 1 aromatic carbocycles. The molecule has 0 radical (unpaired) electrons. The first-order valence-electron chi connectivity index (χ1n) is 8.04. The average Bonchev–Trinajstić information content (AvgIpc) is 2.55. The van der Waals surface area contributed by atoms with Crippen molar-refractivity contribution in [2.75, 3.05) is 6.61 Å². The fraction of sp³-hybridized carbons (Fsp3) is 0.471. The van der Waals surface area contributed by atoms with Crippen molar-refractivity contribution >= 4 is 16.1 Å². The molecular weight excluding hydrogens is 389 g/mol. The van der Waals surface area contributed by atoms with Crippen molar-refractivity contribution in [2.24, 2.45) is 0 Å². The molecular formula is C17H21F3O6S. The van der Waals surface area contributed by atoms with Gasteiger partial charge in [0.2, 0.25) is 0 Å². The second-order valence-corrected chi connectivity index (χ2v) is 7.22. The lowest BCUT2D eigenvalue weighted by atomic mass is 10.0. The molecule has 0 aliphatic rings. The molecule has 0 aliphatic heterocycles. The molecule has 27 heavy (non-hydrogen) atoms. The van der Waals surface area contributed by atoms with Crippen LogP contribution in [0, 0.1) is 0 Å². The Balaban J connectivity index is 2.97. The van der Waals surface area contributed by atoms with Crippen LogP contribution in [0.3, 0.4) is 0 Å². The maximum atomic E-state index is 12.3. The first kappa shape index (κ1) is 22.8. The number of hydrogen-bond donors (Lipinski definition) is 0.